The lowest BCUT2D eigenvalue weighted by molar-refractivity contribution is -0.124. The third-order valence-corrected chi connectivity index (χ3v) is 3.62. The van der Waals surface area contributed by atoms with Gasteiger partial charge < -0.3 is 10.1 Å². The Morgan fingerprint density at radius 3 is 2.57 bits per heavy atom. The van der Waals surface area contributed by atoms with Crippen LogP contribution in [0.5, 0.6) is 0 Å². The molecule has 0 radical (unpaired) electrons. The van der Waals surface area contributed by atoms with Gasteiger partial charge in [-0.15, -0.1) is 0 Å². The zero-order chi connectivity index (χ0) is 16.7. The number of hydrogen-bond donors (Lipinski definition) is 1. The molecule has 1 N–H and O–H groups in total. The lowest BCUT2D eigenvalue weighted by Crippen LogP contribution is -2.30. The second kappa shape index (κ2) is 8.56. The van der Waals surface area contributed by atoms with Crippen LogP contribution in [0.1, 0.15) is 15.9 Å². The summed E-state index contributed by atoms with van der Waals surface area (Å²) < 4.78 is 4.94. The van der Waals surface area contributed by atoms with Crippen LogP contribution >= 0.6 is 23.2 Å². The summed E-state index contributed by atoms with van der Waals surface area (Å²) in [7, 11) is 0. The first-order chi connectivity index (χ1) is 11.1. The second-order valence-electron chi connectivity index (χ2n) is 4.79. The van der Waals surface area contributed by atoms with Crippen LogP contribution in [0, 0.1) is 0 Å². The Kier molecular flexibility index (Phi) is 6.44. The lowest BCUT2D eigenvalue weighted by atomic mass is 10.1. The Morgan fingerprint density at radius 2 is 1.83 bits per heavy atom. The first-order valence-electron chi connectivity index (χ1n) is 6.99. The van der Waals surface area contributed by atoms with E-state index in [0.717, 1.165) is 5.56 Å². The van der Waals surface area contributed by atoms with Crippen LogP contribution in [0.3, 0.4) is 0 Å². The second-order valence-corrected chi connectivity index (χ2v) is 5.63. The zero-order valence-electron chi connectivity index (χ0n) is 12.2. The molecule has 0 unspecified atom stereocenters. The zero-order valence-corrected chi connectivity index (χ0v) is 13.7. The van der Waals surface area contributed by atoms with E-state index in [9.17, 15) is 9.59 Å². The topological polar surface area (TPSA) is 55.4 Å². The predicted octanol–water partition coefficient (Wildman–Crippen LogP) is 3.51. The fraction of sp³-hybridized carbons (Fsp3) is 0.176. The molecule has 0 aliphatic carbocycles. The number of benzene rings is 2. The first-order valence-corrected chi connectivity index (χ1v) is 7.74. The van der Waals surface area contributed by atoms with E-state index in [-0.39, 0.29) is 18.1 Å². The molecular weight excluding hydrogens is 337 g/mol. The third kappa shape index (κ3) is 5.58. The Hall–Kier alpha value is -2.04. The van der Waals surface area contributed by atoms with Crippen molar-refractivity contribution in [3.8, 4) is 0 Å². The molecule has 0 aromatic heterocycles. The minimum Gasteiger partial charge on any atom is -0.452 e. The van der Waals surface area contributed by atoms with Crippen LogP contribution in [-0.4, -0.2) is 25.0 Å². The fourth-order valence-corrected chi connectivity index (χ4v) is 2.35. The minimum absolute atomic E-state index is 0.237. The maximum Gasteiger partial charge on any atom is 0.340 e. The van der Waals surface area contributed by atoms with Crippen molar-refractivity contribution >= 4 is 35.1 Å². The third-order valence-electron chi connectivity index (χ3n) is 3.05. The predicted molar refractivity (Wildman–Crippen MR) is 89.9 cm³/mol. The summed E-state index contributed by atoms with van der Waals surface area (Å²) in [6.07, 6.45) is 0.644. The molecule has 2 aromatic carbocycles. The molecule has 0 saturated heterocycles. The molecule has 0 aliphatic rings. The molecule has 0 bridgehead atoms. The normalized spacial score (nSPS) is 10.2. The molecule has 2 rings (SSSR count). The average molecular weight is 352 g/mol. The molecule has 23 heavy (non-hydrogen) atoms. The van der Waals surface area contributed by atoms with Gasteiger partial charge in [-0.25, -0.2) is 4.79 Å². The smallest absolute Gasteiger partial charge is 0.340 e. The molecule has 0 spiro atoms. The van der Waals surface area contributed by atoms with E-state index in [1.807, 2.05) is 18.2 Å². The Labute approximate surface area is 144 Å². The fourth-order valence-electron chi connectivity index (χ4n) is 1.93. The first kappa shape index (κ1) is 17.3. The summed E-state index contributed by atoms with van der Waals surface area (Å²) in [6, 6.07) is 13.9. The van der Waals surface area contributed by atoms with Crippen LogP contribution in [-0.2, 0) is 16.0 Å². The van der Waals surface area contributed by atoms with Crippen molar-refractivity contribution in [1.82, 2.24) is 5.32 Å². The molecule has 0 atom stereocenters. The van der Waals surface area contributed by atoms with Gasteiger partial charge in [0.25, 0.3) is 5.91 Å². The molecule has 0 heterocycles. The number of esters is 1. The monoisotopic (exact) mass is 351 g/mol. The number of nitrogens with one attached hydrogen (secondary N) is 1. The summed E-state index contributed by atoms with van der Waals surface area (Å²) in [5.41, 5.74) is 1.26. The highest BCUT2D eigenvalue weighted by atomic mass is 35.5. The van der Waals surface area contributed by atoms with Crippen molar-refractivity contribution in [2.75, 3.05) is 13.2 Å². The van der Waals surface area contributed by atoms with Crippen LogP contribution in [0.15, 0.2) is 48.5 Å². The molecule has 0 aliphatic heterocycles. The average Bonchev–Trinajstić information content (AvgIpc) is 2.53. The van der Waals surface area contributed by atoms with Gasteiger partial charge in [0.15, 0.2) is 6.61 Å². The van der Waals surface area contributed by atoms with Crippen molar-refractivity contribution in [1.29, 1.82) is 0 Å². The molecule has 1 amide bonds. The van der Waals surface area contributed by atoms with Crippen LogP contribution in [0.25, 0.3) is 0 Å². The number of amides is 1. The van der Waals surface area contributed by atoms with Gasteiger partial charge in [0.2, 0.25) is 0 Å². The Balaban J connectivity index is 1.73. The van der Waals surface area contributed by atoms with Gasteiger partial charge in [-0.1, -0.05) is 47.5 Å². The van der Waals surface area contributed by atoms with Gasteiger partial charge in [-0.3, -0.25) is 4.79 Å². The maximum absolute atomic E-state index is 11.8. The molecule has 0 saturated carbocycles. The quantitative estimate of drug-likeness (QED) is 0.810. The number of carbonyl (C=O) groups excluding carboxylic acids is 2. The lowest BCUT2D eigenvalue weighted by Gasteiger charge is -2.07. The van der Waals surface area contributed by atoms with Gasteiger partial charge in [0.05, 0.1) is 10.6 Å². The summed E-state index contributed by atoms with van der Waals surface area (Å²) in [6.45, 7) is 0.0857. The highest BCUT2D eigenvalue weighted by Gasteiger charge is 2.12. The van der Waals surface area contributed by atoms with Crippen molar-refractivity contribution in [2.24, 2.45) is 0 Å². The number of rotatable bonds is 6. The summed E-state index contributed by atoms with van der Waals surface area (Å²) >= 11 is 11.8. The van der Waals surface area contributed by atoms with Crippen molar-refractivity contribution in [3.05, 3.63) is 69.7 Å². The van der Waals surface area contributed by atoms with E-state index in [2.05, 4.69) is 5.32 Å². The standard InChI is InChI=1S/C17H15Cl2NO3/c18-13-5-3-4-12(10-13)8-9-20-16(21)11-23-17(22)14-6-1-2-7-15(14)19/h1-7,10H,8-9,11H2,(H,20,21). The van der Waals surface area contributed by atoms with Crippen LogP contribution < -0.4 is 5.32 Å². The number of halogens is 2. The highest BCUT2D eigenvalue weighted by molar-refractivity contribution is 6.33. The van der Waals surface area contributed by atoms with Gasteiger partial charge in [0, 0.05) is 11.6 Å². The molecule has 2 aromatic rings. The number of ether oxygens (including phenoxy) is 1. The van der Waals surface area contributed by atoms with Crippen molar-refractivity contribution in [3.63, 3.8) is 0 Å². The van der Waals surface area contributed by atoms with Crippen molar-refractivity contribution < 1.29 is 14.3 Å². The molecule has 120 valence electrons. The van der Waals surface area contributed by atoms with Gasteiger partial charge >= 0.3 is 5.97 Å². The molecule has 6 heteroatoms. The van der Waals surface area contributed by atoms with E-state index in [0.29, 0.717) is 23.0 Å². The van der Waals surface area contributed by atoms with Gasteiger partial charge in [0.1, 0.15) is 0 Å². The highest BCUT2D eigenvalue weighted by Crippen LogP contribution is 2.15. The minimum atomic E-state index is -0.624. The van der Waals surface area contributed by atoms with Crippen LogP contribution in [0.4, 0.5) is 0 Å². The number of hydrogen-bond acceptors (Lipinski definition) is 3. The van der Waals surface area contributed by atoms with Crippen LogP contribution in [0.2, 0.25) is 10.0 Å². The summed E-state index contributed by atoms with van der Waals surface area (Å²) in [5.74, 6) is -0.993. The van der Waals surface area contributed by atoms with E-state index < -0.39 is 5.97 Å². The van der Waals surface area contributed by atoms with E-state index >= 15 is 0 Å². The molecular formula is C17H15Cl2NO3. The van der Waals surface area contributed by atoms with Crippen molar-refractivity contribution in [2.45, 2.75) is 6.42 Å². The summed E-state index contributed by atoms with van der Waals surface area (Å²) in [4.78, 5) is 23.5. The maximum atomic E-state index is 11.8. The van der Waals surface area contributed by atoms with E-state index in [1.165, 1.54) is 0 Å². The number of carbonyl (C=O) groups is 2. The molecule has 0 fully saturated rings. The summed E-state index contributed by atoms with van der Waals surface area (Å²) in [5, 5.41) is 3.63. The van der Waals surface area contributed by atoms with E-state index in [1.54, 1.807) is 30.3 Å². The molecule has 4 nitrogen and oxygen atoms in total. The Bertz CT molecular complexity index is 704. The SMILES string of the molecule is O=C(COC(=O)c1ccccc1Cl)NCCc1cccc(Cl)c1. The van der Waals surface area contributed by atoms with Gasteiger partial charge in [-0.2, -0.15) is 0 Å². The van der Waals surface area contributed by atoms with Gasteiger partial charge in [-0.05, 0) is 36.2 Å². The Morgan fingerprint density at radius 1 is 1.04 bits per heavy atom. The largest absolute Gasteiger partial charge is 0.452 e. The van der Waals surface area contributed by atoms with E-state index in [4.69, 9.17) is 27.9 Å².